The van der Waals surface area contributed by atoms with Gasteiger partial charge < -0.3 is 27.2 Å². The Morgan fingerprint density at radius 1 is 0.404 bits per heavy atom. The van der Waals surface area contributed by atoms with Crippen LogP contribution in [-0.4, -0.2) is 38.8 Å². The second-order valence-corrected chi connectivity index (χ2v) is 24.8. The maximum Gasteiger partial charge on any atom is 0.331 e. The fourth-order valence-electron chi connectivity index (χ4n) is 7.73. The van der Waals surface area contributed by atoms with Crippen LogP contribution in [0.2, 0.25) is 0 Å². The predicted octanol–water partition coefficient (Wildman–Crippen LogP) is 9.96. The topological polar surface area (TPSA) is 105 Å². The van der Waals surface area contributed by atoms with Gasteiger partial charge in [-0.3, -0.25) is 9.13 Å². The first-order chi connectivity index (χ1) is 27.6. The zero-order valence-corrected chi connectivity index (χ0v) is 34.9. The molecule has 0 aliphatic carbocycles. The summed E-state index contributed by atoms with van der Waals surface area (Å²) in [5.74, 6) is 0. The van der Waals surface area contributed by atoms with Crippen molar-refractivity contribution in [2.45, 2.75) is 11.3 Å². The molecule has 0 radical (unpaired) electrons. The normalized spacial score (nSPS) is 23.7. The fourth-order valence-corrected chi connectivity index (χ4v) is 20.2. The van der Waals surface area contributed by atoms with Crippen LogP contribution in [0.3, 0.4) is 0 Å². The molecule has 6 aromatic rings. The third-order valence-corrected chi connectivity index (χ3v) is 22.1. The highest BCUT2D eigenvalue weighted by Crippen LogP contribution is 2.68. The molecule has 2 unspecified atom stereocenters. The number of rotatable bonds is 12. The molecular formula is C45H44O8P4. The summed E-state index contributed by atoms with van der Waals surface area (Å²) in [5.41, 5.74) is -0.808. The molecule has 2 atom stereocenters. The third kappa shape index (κ3) is 8.22. The van der Waals surface area contributed by atoms with E-state index in [9.17, 15) is 9.13 Å². The minimum absolute atomic E-state index is 0.0403. The Labute approximate surface area is 334 Å². The highest BCUT2D eigenvalue weighted by atomic mass is 31.2. The quantitative estimate of drug-likeness (QED) is 0.112. The van der Waals surface area contributed by atoms with Crippen LogP contribution in [0.4, 0.5) is 0 Å². The van der Waals surface area contributed by atoms with Crippen molar-refractivity contribution in [1.29, 1.82) is 0 Å². The smallest absolute Gasteiger partial charge is 0.313 e. The van der Waals surface area contributed by atoms with Gasteiger partial charge in [-0.2, -0.15) is 0 Å². The van der Waals surface area contributed by atoms with Crippen molar-refractivity contribution in [2.24, 2.45) is 5.41 Å². The fraction of sp³-hybridized carbons (Fsp3) is 0.200. The van der Waals surface area contributed by atoms with Crippen molar-refractivity contribution in [3.05, 3.63) is 193 Å². The summed E-state index contributed by atoms with van der Waals surface area (Å²) >= 11 is 0. The summed E-state index contributed by atoms with van der Waals surface area (Å²) in [6.45, 7) is -0.161. The van der Waals surface area contributed by atoms with Crippen LogP contribution in [0.1, 0.15) is 22.4 Å². The molecule has 0 N–H and O–H groups in total. The number of benzene rings is 6. The van der Waals surface area contributed by atoms with Gasteiger partial charge in [-0.15, -0.1) is 0 Å². The predicted molar refractivity (Wildman–Crippen MR) is 229 cm³/mol. The minimum atomic E-state index is -3.84. The van der Waals surface area contributed by atoms with Gasteiger partial charge >= 0.3 is 15.2 Å². The van der Waals surface area contributed by atoms with Gasteiger partial charge in [-0.1, -0.05) is 182 Å². The highest BCUT2D eigenvalue weighted by molar-refractivity contribution is 7.80. The first-order valence-electron chi connectivity index (χ1n) is 18.9. The van der Waals surface area contributed by atoms with Crippen LogP contribution in [0, 0.1) is 5.41 Å². The van der Waals surface area contributed by atoms with E-state index in [4.69, 9.17) is 18.1 Å². The molecule has 2 aliphatic rings. The van der Waals surface area contributed by atoms with E-state index in [0.29, 0.717) is 21.2 Å². The second-order valence-electron chi connectivity index (χ2n) is 14.7. The lowest BCUT2D eigenvalue weighted by Gasteiger charge is -2.44. The van der Waals surface area contributed by atoms with Crippen molar-refractivity contribution in [1.82, 2.24) is 0 Å². The van der Waals surface area contributed by atoms with E-state index in [-0.39, 0.29) is 38.8 Å². The molecule has 0 aromatic heterocycles. The van der Waals surface area contributed by atoms with Crippen LogP contribution >= 0.6 is 29.5 Å². The lowest BCUT2D eigenvalue weighted by molar-refractivity contribution is -0.0684. The summed E-state index contributed by atoms with van der Waals surface area (Å²) in [6.07, 6.45) is -0.247. The lowest BCUT2D eigenvalue weighted by atomic mass is 9.93. The molecule has 0 bridgehead atoms. The molecule has 6 aromatic carbocycles. The Balaban J connectivity index is 1.04. The lowest BCUT2D eigenvalue weighted by Crippen LogP contribution is -2.46. The van der Waals surface area contributed by atoms with E-state index in [1.165, 1.54) is 0 Å². The first-order valence-corrected chi connectivity index (χ1v) is 25.9. The highest BCUT2D eigenvalue weighted by Gasteiger charge is 2.53. The van der Waals surface area contributed by atoms with Gasteiger partial charge in [0.1, 0.15) is 0 Å². The third-order valence-electron chi connectivity index (χ3n) is 10.9. The maximum absolute atomic E-state index is 15.6. The molecule has 2 fully saturated rings. The molecule has 2 aliphatic heterocycles. The Kier molecular flexibility index (Phi) is 11.7. The van der Waals surface area contributed by atoms with Crippen molar-refractivity contribution in [3.63, 3.8) is 0 Å². The molecule has 0 saturated carbocycles. The van der Waals surface area contributed by atoms with E-state index < -0.39 is 46.2 Å². The molecule has 57 heavy (non-hydrogen) atoms. The van der Waals surface area contributed by atoms with E-state index in [2.05, 4.69) is 0 Å². The van der Waals surface area contributed by atoms with Gasteiger partial charge in [0.05, 0.1) is 55.5 Å². The van der Waals surface area contributed by atoms with Crippen molar-refractivity contribution < 1.29 is 36.4 Å². The SMILES string of the molecule is O=P1(CC(c2ccccc2)P(=O)(c2ccccc2)c2ccccc2)OCC2(CO1)COP(=O)(CC(c1ccccc1)P(=O)(c1ccccc1)c1ccccc1)OC2. The van der Waals surface area contributed by atoms with E-state index in [1.54, 1.807) is 0 Å². The summed E-state index contributed by atoms with van der Waals surface area (Å²) in [5, 5.41) is 2.58. The molecule has 2 saturated heterocycles. The number of hydrogen-bond donors (Lipinski definition) is 0. The van der Waals surface area contributed by atoms with Crippen LogP contribution in [0.25, 0.3) is 0 Å². The summed E-state index contributed by atoms with van der Waals surface area (Å²) in [4.78, 5) is 0. The van der Waals surface area contributed by atoms with Crippen LogP contribution < -0.4 is 21.2 Å². The minimum Gasteiger partial charge on any atom is -0.313 e. The molecule has 292 valence electrons. The molecule has 1 spiro atoms. The van der Waals surface area contributed by atoms with Gasteiger partial charge in [0.25, 0.3) is 0 Å². The Bertz CT molecular complexity index is 2170. The van der Waals surface area contributed by atoms with Gasteiger partial charge in [-0.05, 0) is 11.1 Å². The Morgan fingerprint density at radius 3 is 0.877 bits per heavy atom. The largest absolute Gasteiger partial charge is 0.331 e. The average molecular weight is 837 g/mol. The van der Waals surface area contributed by atoms with E-state index in [0.717, 1.165) is 11.1 Å². The zero-order valence-electron chi connectivity index (χ0n) is 31.3. The zero-order chi connectivity index (χ0) is 39.4. The van der Waals surface area contributed by atoms with Crippen molar-refractivity contribution in [2.75, 3.05) is 38.8 Å². The average Bonchev–Trinajstić information content (AvgIpc) is 3.28. The summed E-state index contributed by atoms with van der Waals surface area (Å²) in [7, 11) is -14.6. The summed E-state index contributed by atoms with van der Waals surface area (Å²) in [6, 6.07) is 56.1. The van der Waals surface area contributed by atoms with E-state index >= 15 is 9.13 Å². The molecule has 2 heterocycles. The van der Waals surface area contributed by atoms with Crippen LogP contribution in [-0.2, 0) is 36.4 Å². The standard InChI is InChI=1S/C45H44O8P4/c46-54(31-43(37-19-7-1-8-20-37)56(48,39-23-11-3-12-24-39)40-25-13-4-14-26-40)50-33-45(34-51-54)35-52-55(47,53-36-45)32-44(38-21-9-2-10-22-38)57(49,41-27-15-5-16-28-41)42-29-17-6-18-30-42/h1-30,43-44H,31-36H2. The Hall–Kier alpha value is -3.92. The monoisotopic (exact) mass is 836 g/mol. The molecule has 12 heteroatoms. The molecule has 0 amide bonds. The Morgan fingerprint density at radius 2 is 0.632 bits per heavy atom. The summed E-state index contributed by atoms with van der Waals surface area (Å²) < 4.78 is 85.2. The van der Waals surface area contributed by atoms with Crippen molar-refractivity contribution >= 4 is 50.7 Å². The van der Waals surface area contributed by atoms with Gasteiger partial charge in [-0.25, -0.2) is 0 Å². The van der Waals surface area contributed by atoms with Crippen LogP contribution in [0.15, 0.2) is 182 Å². The second kappa shape index (κ2) is 16.7. The first kappa shape index (κ1) is 39.9. The van der Waals surface area contributed by atoms with Gasteiger partial charge in [0, 0.05) is 21.2 Å². The molecule has 8 rings (SSSR count). The van der Waals surface area contributed by atoms with Gasteiger partial charge in [0.2, 0.25) is 0 Å². The maximum atomic E-state index is 15.6. The van der Waals surface area contributed by atoms with Crippen LogP contribution in [0.5, 0.6) is 0 Å². The molecular weight excluding hydrogens is 792 g/mol. The van der Waals surface area contributed by atoms with E-state index in [1.807, 2.05) is 182 Å². The van der Waals surface area contributed by atoms with Crippen molar-refractivity contribution in [3.8, 4) is 0 Å². The number of hydrogen-bond acceptors (Lipinski definition) is 8. The van der Waals surface area contributed by atoms with Gasteiger partial charge in [0.15, 0.2) is 14.3 Å². The molecule has 8 nitrogen and oxygen atoms in total.